The Bertz CT molecular complexity index is 1180. The Morgan fingerprint density at radius 3 is 2.43 bits per heavy atom. The summed E-state index contributed by atoms with van der Waals surface area (Å²) in [4.78, 5) is 27.3. The van der Waals surface area contributed by atoms with Crippen LogP contribution in [0.5, 0.6) is 6.01 Å². The molecule has 3 rings (SSSR count). The smallest absolute Gasteiger partial charge is 0.362 e. The van der Waals surface area contributed by atoms with Gasteiger partial charge in [0.2, 0.25) is 0 Å². The van der Waals surface area contributed by atoms with Gasteiger partial charge in [-0.25, -0.2) is 18.4 Å². The summed E-state index contributed by atoms with van der Waals surface area (Å²) in [5.41, 5.74) is -0.933. The molecule has 0 radical (unpaired) electrons. The summed E-state index contributed by atoms with van der Waals surface area (Å²) in [6.07, 6.45) is 0. The fraction of sp³-hybridized carbons (Fsp3) is 0.211. The first kappa shape index (κ1) is 21.8. The predicted molar refractivity (Wildman–Crippen MR) is 109 cm³/mol. The second-order valence-electron chi connectivity index (χ2n) is 6.45. The fourth-order valence-corrected chi connectivity index (χ4v) is 3.33. The van der Waals surface area contributed by atoms with Crippen molar-refractivity contribution in [1.29, 1.82) is 0 Å². The van der Waals surface area contributed by atoms with E-state index < -0.39 is 29.4 Å². The van der Waals surface area contributed by atoms with E-state index in [1.54, 1.807) is 13.8 Å². The van der Waals surface area contributed by atoms with Gasteiger partial charge in [-0.2, -0.15) is 9.25 Å². The van der Waals surface area contributed by atoms with E-state index in [1.807, 2.05) is 0 Å². The van der Waals surface area contributed by atoms with Crippen LogP contribution in [0.4, 0.5) is 19.3 Å². The van der Waals surface area contributed by atoms with Crippen LogP contribution in [0, 0.1) is 11.6 Å². The molecule has 0 aliphatic rings. The predicted octanol–water partition coefficient (Wildman–Crippen LogP) is 4.51. The SMILES string of the molecule is COc1nn(-c2ccc(Cl)cc2Cl)c(=O)n1C(=O)N(c1ccc(F)cc1F)C(C)C. The van der Waals surface area contributed by atoms with Gasteiger partial charge in [0.05, 0.1) is 23.5 Å². The van der Waals surface area contributed by atoms with Crippen molar-refractivity contribution in [3.05, 3.63) is 68.6 Å². The van der Waals surface area contributed by atoms with Crippen LogP contribution in [0.2, 0.25) is 10.0 Å². The Kier molecular flexibility index (Phi) is 6.14. The summed E-state index contributed by atoms with van der Waals surface area (Å²) in [6, 6.07) is 5.26. The molecule has 0 unspecified atom stereocenters. The van der Waals surface area contributed by atoms with E-state index in [0.717, 1.165) is 21.7 Å². The Hall–Kier alpha value is -2.91. The maximum atomic E-state index is 14.4. The van der Waals surface area contributed by atoms with Crippen molar-refractivity contribution in [3.63, 3.8) is 0 Å². The van der Waals surface area contributed by atoms with Crippen molar-refractivity contribution in [2.75, 3.05) is 12.0 Å². The van der Waals surface area contributed by atoms with Crippen LogP contribution in [-0.4, -0.2) is 33.5 Å². The molecule has 0 fully saturated rings. The second kappa shape index (κ2) is 8.45. The zero-order valence-corrected chi connectivity index (χ0v) is 17.6. The number of hydrogen-bond acceptors (Lipinski definition) is 4. The van der Waals surface area contributed by atoms with Crippen molar-refractivity contribution in [2.24, 2.45) is 0 Å². The van der Waals surface area contributed by atoms with Gasteiger partial charge in [0.25, 0.3) is 0 Å². The first-order chi connectivity index (χ1) is 14.1. The van der Waals surface area contributed by atoms with Gasteiger partial charge in [-0.15, -0.1) is 5.10 Å². The lowest BCUT2D eigenvalue weighted by Crippen LogP contribution is -2.44. The van der Waals surface area contributed by atoms with E-state index in [1.165, 1.54) is 25.3 Å². The lowest BCUT2D eigenvalue weighted by atomic mass is 10.2. The van der Waals surface area contributed by atoms with E-state index in [0.29, 0.717) is 15.7 Å². The molecule has 30 heavy (non-hydrogen) atoms. The lowest BCUT2D eigenvalue weighted by molar-refractivity contribution is 0.241. The fourth-order valence-electron chi connectivity index (χ4n) is 2.84. The van der Waals surface area contributed by atoms with Crippen LogP contribution in [0.15, 0.2) is 41.2 Å². The number of benzene rings is 2. The maximum Gasteiger partial charge on any atom is 0.362 e. The van der Waals surface area contributed by atoms with Gasteiger partial charge < -0.3 is 4.74 Å². The topological polar surface area (TPSA) is 69.4 Å². The summed E-state index contributed by atoms with van der Waals surface area (Å²) in [5.74, 6) is -1.76. The minimum atomic E-state index is -0.961. The number of nitrogens with zero attached hydrogens (tertiary/aromatic N) is 4. The molecule has 0 saturated heterocycles. The van der Waals surface area contributed by atoms with Crippen LogP contribution in [0.25, 0.3) is 5.69 Å². The minimum absolute atomic E-state index is 0.120. The third-order valence-corrected chi connectivity index (χ3v) is 4.69. The summed E-state index contributed by atoms with van der Waals surface area (Å²) in [7, 11) is 1.22. The molecule has 1 amide bonds. The first-order valence-corrected chi connectivity index (χ1v) is 9.41. The number of rotatable bonds is 4. The van der Waals surface area contributed by atoms with Gasteiger partial charge in [-0.1, -0.05) is 23.2 Å². The van der Waals surface area contributed by atoms with Crippen molar-refractivity contribution in [2.45, 2.75) is 19.9 Å². The molecular formula is C19H16Cl2F2N4O3. The normalized spacial score (nSPS) is 11.1. The zero-order valence-electron chi connectivity index (χ0n) is 16.1. The van der Waals surface area contributed by atoms with Crippen molar-refractivity contribution in [3.8, 4) is 11.7 Å². The summed E-state index contributed by atoms with van der Waals surface area (Å²) in [6.45, 7) is 3.22. The molecule has 7 nitrogen and oxygen atoms in total. The molecule has 1 aromatic heterocycles. The third-order valence-electron chi connectivity index (χ3n) is 4.15. The van der Waals surface area contributed by atoms with Gasteiger partial charge in [0.1, 0.15) is 11.6 Å². The molecule has 0 saturated carbocycles. The molecule has 0 atom stereocenters. The van der Waals surface area contributed by atoms with Crippen molar-refractivity contribution < 1.29 is 18.3 Å². The number of ether oxygens (including phenoxy) is 1. The number of anilines is 1. The average Bonchev–Trinajstić information content (AvgIpc) is 2.99. The van der Waals surface area contributed by atoms with Gasteiger partial charge in [-0.3, -0.25) is 4.90 Å². The molecule has 0 spiro atoms. The van der Waals surface area contributed by atoms with Gasteiger partial charge >= 0.3 is 17.7 Å². The number of methoxy groups -OCH3 is 1. The highest BCUT2D eigenvalue weighted by Crippen LogP contribution is 2.26. The van der Waals surface area contributed by atoms with Gasteiger partial charge in [0.15, 0.2) is 0 Å². The molecule has 0 aliphatic carbocycles. The largest absolute Gasteiger partial charge is 0.467 e. The Morgan fingerprint density at radius 2 is 1.87 bits per heavy atom. The number of halogens is 4. The molecule has 2 aromatic carbocycles. The monoisotopic (exact) mass is 456 g/mol. The van der Waals surface area contributed by atoms with Gasteiger partial charge in [-0.05, 0) is 44.2 Å². The van der Waals surface area contributed by atoms with Gasteiger partial charge in [0, 0.05) is 17.1 Å². The maximum absolute atomic E-state index is 14.4. The van der Waals surface area contributed by atoms with Crippen molar-refractivity contribution >= 4 is 34.9 Å². The minimum Gasteiger partial charge on any atom is -0.467 e. The summed E-state index contributed by atoms with van der Waals surface area (Å²) in [5, 5.41) is 4.46. The molecule has 1 heterocycles. The molecule has 11 heteroatoms. The van der Waals surface area contributed by atoms with E-state index in [2.05, 4.69) is 5.10 Å². The Balaban J connectivity index is 2.17. The highest BCUT2D eigenvalue weighted by Gasteiger charge is 2.30. The molecule has 158 valence electrons. The number of carbonyl (C=O) groups is 1. The molecule has 3 aromatic rings. The molecule has 0 aliphatic heterocycles. The molecule has 0 bridgehead atoms. The average molecular weight is 457 g/mol. The second-order valence-corrected chi connectivity index (χ2v) is 7.30. The number of hydrogen-bond donors (Lipinski definition) is 0. The van der Waals surface area contributed by atoms with E-state index in [-0.39, 0.29) is 22.4 Å². The molecular weight excluding hydrogens is 441 g/mol. The molecule has 0 N–H and O–H groups in total. The van der Waals surface area contributed by atoms with Crippen LogP contribution in [0.1, 0.15) is 13.8 Å². The van der Waals surface area contributed by atoms with Crippen LogP contribution in [0.3, 0.4) is 0 Å². The highest BCUT2D eigenvalue weighted by atomic mass is 35.5. The first-order valence-electron chi connectivity index (χ1n) is 8.65. The quantitative estimate of drug-likeness (QED) is 0.578. The number of carbonyl (C=O) groups excluding carboxylic acids is 1. The Labute approximate surface area is 180 Å². The zero-order chi connectivity index (χ0) is 22.2. The highest BCUT2D eigenvalue weighted by molar-refractivity contribution is 6.35. The number of amides is 1. The summed E-state index contributed by atoms with van der Waals surface area (Å²) >= 11 is 12.0. The third kappa shape index (κ3) is 3.90. The Morgan fingerprint density at radius 1 is 1.17 bits per heavy atom. The van der Waals surface area contributed by atoms with Crippen molar-refractivity contribution in [1.82, 2.24) is 14.3 Å². The van der Waals surface area contributed by atoms with E-state index in [9.17, 15) is 18.4 Å². The van der Waals surface area contributed by atoms with Crippen LogP contribution >= 0.6 is 23.2 Å². The van der Waals surface area contributed by atoms with E-state index >= 15 is 0 Å². The summed E-state index contributed by atoms with van der Waals surface area (Å²) < 4.78 is 34.3. The van der Waals surface area contributed by atoms with Crippen LogP contribution in [-0.2, 0) is 0 Å². The standard InChI is InChI=1S/C19H16Cl2F2N4O3/c1-10(2)25(16-7-5-12(22)9-14(16)23)18(28)26-17(30-3)24-27(19(26)29)15-6-4-11(20)8-13(15)21/h4-10H,1-3H3. The number of aromatic nitrogens is 3. The lowest BCUT2D eigenvalue weighted by Gasteiger charge is -2.26. The van der Waals surface area contributed by atoms with E-state index in [4.69, 9.17) is 27.9 Å². The van der Waals surface area contributed by atoms with Crippen LogP contribution < -0.4 is 15.3 Å².